The van der Waals surface area contributed by atoms with E-state index < -0.39 is 5.82 Å². The summed E-state index contributed by atoms with van der Waals surface area (Å²) < 4.78 is 14.1. The summed E-state index contributed by atoms with van der Waals surface area (Å²) in [6, 6.07) is 3.00. The number of nitrogens with zero attached hydrogens (tertiary/aromatic N) is 2. The van der Waals surface area contributed by atoms with Crippen molar-refractivity contribution in [3.8, 4) is 17.0 Å². The van der Waals surface area contributed by atoms with E-state index in [0.717, 1.165) is 0 Å². The number of rotatable bonds is 2. The molecule has 5 heteroatoms. The van der Waals surface area contributed by atoms with Crippen molar-refractivity contribution in [2.24, 2.45) is 0 Å². The van der Waals surface area contributed by atoms with E-state index in [-0.39, 0.29) is 16.5 Å². The minimum absolute atomic E-state index is 0.0249. The van der Waals surface area contributed by atoms with Crippen LogP contribution in [0.2, 0.25) is 5.02 Å². The molecule has 94 valence electrons. The second kappa shape index (κ2) is 4.90. The zero-order valence-electron chi connectivity index (χ0n) is 10.0. The van der Waals surface area contributed by atoms with Crippen LogP contribution in [0.25, 0.3) is 11.3 Å². The van der Waals surface area contributed by atoms with Crippen molar-refractivity contribution in [2.45, 2.75) is 20.3 Å². The van der Waals surface area contributed by atoms with Gasteiger partial charge in [-0.3, -0.25) is 0 Å². The van der Waals surface area contributed by atoms with Gasteiger partial charge in [-0.05, 0) is 31.0 Å². The molecule has 18 heavy (non-hydrogen) atoms. The summed E-state index contributed by atoms with van der Waals surface area (Å²) in [7, 11) is 0. The molecular formula is C13H12ClFN2O. The summed E-state index contributed by atoms with van der Waals surface area (Å²) in [4.78, 5) is 7.85. The Kier molecular flexibility index (Phi) is 3.48. The fourth-order valence-electron chi connectivity index (χ4n) is 1.76. The first-order chi connectivity index (χ1) is 8.54. The number of phenolic OH excluding ortho intramolecular Hbond substituents is 1. The smallest absolute Gasteiger partial charge is 0.170 e. The lowest BCUT2D eigenvalue weighted by molar-refractivity contribution is 0.475. The number of halogens is 2. The van der Waals surface area contributed by atoms with E-state index in [0.29, 0.717) is 23.2 Å². The quantitative estimate of drug-likeness (QED) is 0.905. The Morgan fingerprint density at radius 2 is 2.06 bits per heavy atom. The van der Waals surface area contributed by atoms with Crippen molar-refractivity contribution >= 4 is 11.6 Å². The zero-order chi connectivity index (χ0) is 13.3. The molecule has 3 nitrogen and oxygen atoms in total. The molecule has 0 unspecified atom stereocenters. The molecule has 1 aromatic heterocycles. The van der Waals surface area contributed by atoms with Gasteiger partial charge in [-0.1, -0.05) is 18.5 Å². The fraction of sp³-hybridized carbons (Fsp3) is 0.231. The predicted octanol–water partition coefficient (Wildman–Crippen LogP) is 3.51. The van der Waals surface area contributed by atoms with Gasteiger partial charge in [-0.25, -0.2) is 14.4 Å². The van der Waals surface area contributed by atoms with E-state index in [1.165, 1.54) is 18.5 Å². The van der Waals surface area contributed by atoms with E-state index in [2.05, 4.69) is 9.97 Å². The molecule has 2 aromatic rings. The molecule has 1 N–H and O–H groups in total. The lowest BCUT2D eigenvalue weighted by atomic mass is 10.0. The molecule has 0 amide bonds. The molecule has 0 bridgehead atoms. The maximum absolute atomic E-state index is 14.1. The van der Waals surface area contributed by atoms with Gasteiger partial charge in [0, 0.05) is 5.56 Å². The second-order valence-corrected chi connectivity index (χ2v) is 4.36. The number of hydrogen-bond donors (Lipinski definition) is 1. The number of benzene rings is 1. The summed E-state index contributed by atoms with van der Waals surface area (Å²) >= 11 is 5.85. The lowest BCUT2D eigenvalue weighted by Gasteiger charge is -2.09. The van der Waals surface area contributed by atoms with Crippen molar-refractivity contribution in [1.29, 1.82) is 0 Å². The van der Waals surface area contributed by atoms with Crippen LogP contribution in [-0.4, -0.2) is 15.1 Å². The van der Waals surface area contributed by atoms with E-state index in [9.17, 15) is 9.50 Å². The Bertz CT molecular complexity index is 602. The van der Waals surface area contributed by atoms with Crippen molar-refractivity contribution in [2.75, 3.05) is 0 Å². The van der Waals surface area contributed by atoms with Crippen LogP contribution in [0.15, 0.2) is 18.5 Å². The molecule has 0 aliphatic rings. The van der Waals surface area contributed by atoms with Gasteiger partial charge >= 0.3 is 0 Å². The second-order valence-electron chi connectivity index (χ2n) is 3.96. The third-order valence-electron chi connectivity index (χ3n) is 2.75. The van der Waals surface area contributed by atoms with Crippen LogP contribution in [-0.2, 0) is 6.42 Å². The Labute approximate surface area is 109 Å². The van der Waals surface area contributed by atoms with Crippen LogP contribution in [0.1, 0.15) is 18.2 Å². The fourth-order valence-corrected chi connectivity index (χ4v) is 1.93. The molecule has 0 aliphatic heterocycles. The number of hydrogen-bond acceptors (Lipinski definition) is 3. The van der Waals surface area contributed by atoms with Gasteiger partial charge in [0.25, 0.3) is 0 Å². The van der Waals surface area contributed by atoms with Gasteiger partial charge in [0.05, 0.1) is 10.7 Å². The van der Waals surface area contributed by atoms with E-state index in [4.69, 9.17) is 11.6 Å². The predicted molar refractivity (Wildman–Crippen MR) is 68.2 cm³/mol. The minimum Gasteiger partial charge on any atom is -0.506 e. The third kappa shape index (κ3) is 2.16. The summed E-state index contributed by atoms with van der Waals surface area (Å²) in [5, 5.41) is 9.66. The SMILES string of the molecule is CCc1ncnc(-c2cc(Cl)c(O)cc2C)c1F. The van der Waals surface area contributed by atoms with Gasteiger partial charge in [-0.15, -0.1) is 0 Å². The minimum atomic E-state index is -0.440. The summed E-state index contributed by atoms with van der Waals surface area (Å²) in [6.07, 6.45) is 1.82. The van der Waals surface area contributed by atoms with Crippen LogP contribution >= 0.6 is 11.6 Å². The first-order valence-electron chi connectivity index (χ1n) is 5.53. The van der Waals surface area contributed by atoms with Crippen molar-refractivity contribution in [3.05, 3.63) is 40.6 Å². The first kappa shape index (κ1) is 12.8. The van der Waals surface area contributed by atoms with Crippen molar-refractivity contribution in [3.63, 3.8) is 0 Å². The highest BCUT2D eigenvalue weighted by Gasteiger charge is 2.15. The number of aromatic nitrogens is 2. The molecule has 0 saturated carbocycles. The highest BCUT2D eigenvalue weighted by Crippen LogP contribution is 2.33. The molecule has 0 spiro atoms. The molecule has 0 aliphatic carbocycles. The van der Waals surface area contributed by atoms with Crippen LogP contribution in [0.4, 0.5) is 4.39 Å². The van der Waals surface area contributed by atoms with Gasteiger partial charge < -0.3 is 5.11 Å². The summed E-state index contributed by atoms with van der Waals surface area (Å²) in [6.45, 7) is 3.59. The zero-order valence-corrected chi connectivity index (χ0v) is 10.8. The van der Waals surface area contributed by atoms with Gasteiger partial charge in [-0.2, -0.15) is 0 Å². The molecular weight excluding hydrogens is 255 g/mol. The molecule has 0 saturated heterocycles. The third-order valence-corrected chi connectivity index (χ3v) is 3.05. The van der Waals surface area contributed by atoms with Crippen LogP contribution in [0, 0.1) is 12.7 Å². The van der Waals surface area contributed by atoms with Crippen LogP contribution < -0.4 is 0 Å². The number of aromatic hydroxyl groups is 1. The first-order valence-corrected chi connectivity index (χ1v) is 5.91. The van der Waals surface area contributed by atoms with Gasteiger partial charge in [0.15, 0.2) is 5.82 Å². The highest BCUT2D eigenvalue weighted by molar-refractivity contribution is 6.32. The highest BCUT2D eigenvalue weighted by atomic mass is 35.5. The Morgan fingerprint density at radius 3 is 2.72 bits per heavy atom. The average molecular weight is 267 g/mol. The van der Waals surface area contributed by atoms with Crippen LogP contribution in [0.3, 0.4) is 0 Å². The average Bonchev–Trinajstić information content (AvgIpc) is 2.34. The monoisotopic (exact) mass is 266 g/mol. The molecule has 0 fully saturated rings. The van der Waals surface area contributed by atoms with Crippen LogP contribution in [0.5, 0.6) is 5.75 Å². The summed E-state index contributed by atoms with van der Waals surface area (Å²) in [5.41, 5.74) is 1.84. The number of phenols is 1. The molecule has 0 radical (unpaired) electrons. The molecule has 1 aromatic carbocycles. The molecule has 1 heterocycles. The molecule has 0 atom stereocenters. The topological polar surface area (TPSA) is 46.0 Å². The van der Waals surface area contributed by atoms with E-state index in [1.54, 1.807) is 6.92 Å². The van der Waals surface area contributed by atoms with Crippen molar-refractivity contribution < 1.29 is 9.50 Å². The molecule has 2 rings (SSSR count). The van der Waals surface area contributed by atoms with Crippen molar-refractivity contribution in [1.82, 2.24) is 9.97 Å². The Balaban J connectivity index is 2.66. The lowest BCUT2D eigenvalue weighted by Crippen LogP contribution is -2.00. The van der Waals surface area contributed by atoms with E-state index >= 15 is 0 Å². The maximum atomic E-state index is 14.1. The van der Waals surface area contributed by atoms with E-state index in [1.807, 2.05) is 6.92 Å². The number of aryl methyl sites for hydroxylation is 2. The normalized spacial score (nSPS) is 10.7. The Morgan fingerprint density at radius 1 is 1.33 bits per heavy atom. The maximum Gasteiger partial charge on any atom is 0.170 e. The Hall–Kier alpha value is -1.68. The van der Waals surface area contributed by atoms with Gasteiger partial charge in [0.2, 0.25) is 0 Å². The standard InChI is InChI=1S/C13H12ClFN2O/c1-3-10-12(15)13(17-6-16-10)8-5-9(14)11(18)4-7(8)2/h4-6,18H,3H2,1-2H3. The van der Waals surface area contributed by atoms with Gasteiger partial charge in [0.1, 0.15) is 17.8 Å². The summed E-state index contributed by atoms with van der Waals surface area (Å²) in [5.74, 6) is -0.465. The largest absolute Gasteiger partial charge is 0.506 e.